The van der Waals surface area contributed by atoms with Crippen molar-refractivity contribution < 1.29 is 9.53 Å². The first-order chi connectivity index (χ1) is 12.2. The third kappa shape index (κ3) is 4.59. The molecule has 5 heteroatoms. The second-order valence-corrected chi connectivity index (χ2v) is 6.54. The lowest BCUT2D eigenvalue weighted by molar-refractivity contribution is -0.119. The maximum atomic E-state index is 12.5. The fraction of sp³-hybridized carbons (Fsp3) is 0.350. The van der Waals surface area contributed by atoms with Crippen molar-refractivity contribution in [3.8, 4) is 11.5 Å². The fourth-order valence-electron chi connectivity index (χ4n) is 3.30. The Morgan fingerprint density at radius 3 is 2.48 bits per heavy atom. The van der Waals surface area contributed by atoms with Crippen molar-refractivity contribution in [2.24, 2.45) is 5.92 Å². The zero-order valence-corrected chi connectivity index (χ0v) is 14.7. The highest BCUT2D eigenvalue weighted by molar-refractivity contribution is 5.95. The lowest BCUT2D eigenvalue weighted by Gasteiger charge is -2.18. The van der Waals surface area contributed by atoms with Crippen molar-refractivity contribution in [3.63, 3.8) is 0 Å². The molecule has 132 valence electrons. The molecule has 0 aromatic heterocycles. The van der Waals surface area contributed by atoms with Crippen molar-refractivity contribution >= 4 is 11.6 Å². The number of carbonyl (C=O) groups excluding carboxylic acids is 1. The number of hydrogen-bond donors (Lipinski definition) is 2. The van der Waals surface area contributed by atoms with Crippen LogP contribution in [0.25, 0.3) is 0 Å². The van der Waals surface area contributed by atoms with Gasteiger partial charge < -0.3 is 15.4 Å². The highest BCUT2D eigenvalue weighted by Crippen LogP contribution is 2.25. The Morgan fingerprint density at radius 2 is 1.80 bits per heavy atom. The summed E-state index contributed by atoms with van der Waals surface area (Å²) in [5, 5.41) is 6.20. The van der Waals surface area contributed by atoms with Crippen molar-refractivity contribution in [1.82, 2.24) is 10.2 Å². The number of nitrogens with one attached hydrogen (secondary N) is 2. The van der Waals surface area contributed by atoms with Gasteiger partial charge in [0.2, 0.25) is 5.91 Å². The van der Waals surface area contributed by atoms with Gasteiger partial charge in [0.1, 0.15) is 11.5 Å². The molecule has 1 aliphatic heterocycles. The van der Waals surface area contributed by atoms with E-state index in [1.54, 1.807) is 0 Å². The van der Waals surface area contributed by atoms with Gasteiger partial charge in [-0.1, -0.05) is 18.2 Å². The Morgan fingerprint density at radius 1 is 1.12 bits per heavy atom. The van der Waals surface area contributed by atoms with E-state index in [2.05, 4.69) is 15.5 Å². The van der Waals surface area contributed by atoms with Gasteiger partial charge in [-0.2, -0.15) is 0 Å². The highest BCUT2D eigenvalue weighted by Gasteiger charge is 2.33. The van der Waals surface area contributed by atoms with E-state index < -0.39 is 0 Å². The van der Waals surface area contributed by atoms with E-state index in [1.165, 1.54) is 0 Å². The average Bonchev–Trinajstić information content (AvgIpc) is 2.98. The predicted octanol–water partition coefficient (Wildman–Crippen LogP) is 2.96. The van der Waals surface area contributed by atoms with Gasteiger partial charge in [0.25, 0.3) is 0 Å². The van der Waals surface area contributed by atoms with Crippen LogP contribution in [0.5, 0.6) is 11.5 Å². The summed E-state index contributed by atoms with van der Waals surface area (Å²) in [6.07, 6.45) is 0.887. The fourth-order valence-corrected chi connectivity index (χ4v) is 3.30. The van der Waals surface area contributed by atoms with Crippen LogP contribution in [0, 0.1) is 5.92 Å². The zero-order chi connectivity index (χ0) is 17.6. The molecule has 2 aromatic rings. The van der Waals surface area contributed by atoms with Gasteiger partial charge in [-0.25, -0.2) is 0 Å². The number of hydrogen-bond acceptors (Lipinski definition) is 4. The molecule has 2 N–H and O–H groups in total. The molecule has 0 bridgehead atoms. The molecule has 1 saturated heterocycles. The molecule has 25 heavy (non-hydrogen) atoms. The lowest BCUT2D eigenvalue weighted by Crippen LogP contribution is -2.37. The maximum absolute atomic E-state index is 12.5. The minimum Gasteiger partial charge on any atom is -0.457 e. The molecule has 1 fully saturated rings. The summed E-state index contributed by atoms with van der Waals surface area (Å²) in [5.74, 6) is 2.11. The molecule has 5 nitrogen and oxygen atoms in total. The highest BCUT2D eigenvalue weighted by atomic mass is 16.5. The normalized spacial score (nSPS) is 20.4. The molecule has 3 rings (SSSR count). The second-order valence-electron chi connectivity index (χ2n) is 6.54. The molecule has 1 amide bonds. The molecule has 2 aromatic carbocycles. The molecule has 0 saturated carbocycles. The van der Waals surface area contributed by atoms with E-state index in [-0.39, 0.29) is 11.9 Å². The van der Waals surface area contributed by atoms with Gasteiger partial charge in [-0.05, 0) is 69.4 Å². The number of rotatable bonds is 6. The van der Waals surface area contributed by atoms with Gasteiger partial charge in [0.05, 0.1) is 6.04 Å². The second kappa shape index (κ2) is 8.14. The smallest absolute Gasteiger partial charge is 0.241 e. The van der Waals surface area contributed by atoms with E-state index in [4.69, 9.17) is 4.74 Å². The molecular weight excluding hydrogens is 314 g/mol. The van der Waals surface area contributed by atoms with E-state index in [9.17, 15) is 4.79 Å². The minimum absolute atomic E-state index is 0.0535. The Hall–Kier alpha value is -2.37. The van der Waals surface area contributed by atoms with Crippen molar-refractivity contribution in [3.05, 3.63) is 54.6 Å². The molecule has 2 unspecified atom stereocenters. The summed E-state index contributed by atoms with van der Waals surface area (Å²) in [4.78, 5) is 14.7. The third-order valence-electron chi connectivity index (χ3n) is 4.53. The third-order valence-corrected chi connectivity index (χ3v) is 4.53. The van der Waals surface area contributed by atoms with Gasteiger partial charge in [0, 0.05) is 12.2 Å². The zero-order valence-electron chi connectivity index (χ0n) is 14.7. The number of likely N-dealkylation sites (N-methyl/N-ethyl adjacent to an activating group) is 1. The van der Waals surface area contributed by atoms with Crippen LogP contribution in [0.2, 0.25) is 0 Å². The predicted molar refractivity (Wildman–Crippen MR) is 100 cm³/mol. The van der Waals surface area contributed by atoms with Crippen molar-refractivity contribution in [2.75, 3.05) is 32.5 Å². The summed E-state index contributed by atoms with van der Waals surface area (Å²) < 4.78 is 5.77. The summed E-state index contributed by atoms with van der Waals surface area (Å²) in [7, 11) is 3.96. The summed E-state index contributed by atoms with van der Waals surface area (Å²) in [6.45, 7) is 1.89. The van der Waals surface area contributed by atoms with Gasteiger partial charge >= 0.3 is 0 Å². The van der Waals surface area contributed by atoms with Crippen LogP contribution in [0.4, 0.5) is 5.69 Å². The number of amides is 1. The Labute approximate surface area is 149 Å². The van der Waals surface area contributed by atoms with Crippen LogP contribution in [-0.2, 0) is 4.79 Å². The minimum atomic E-state index is -0.0707. The number of carbonyl (C=O) groups is 1. The van der Waals surface area contributed by atoms with Gasteiger partial charge in [-0.3, -0.25) is 9.69 Å². The van der Waals surface area contributed by atoms with Crippen LogP contribution in [0.15, 0.2) is 54.6 Å². The summed E-state index contributed by atoms with van der Waals surface area (Å²) in [5.41, 5.74) is 0.788. The van der Waals surface area contributed by atoms with E-state index in [0.717, 1.165) is 36.7 Å². The molecule has 1 aliphatic rings. The average molecular weight is 339 g/mol. The monoisotopic (exact) mass is 339 g/mol. The Bertz CT molecular complexity index is 688. The Kier molecular flexibility index (Phi) is 5.68. The lowest BCUT2D eigenvalue weighted by atomic mass is 10.1. The number of anilines is 1. The molecule has 1 heterocycles. The molecule has 0 aliphatic carbocycles. The summed E-state index contributed by atoms with van der Waals surface area (Å²) in [6, 6.07) is 17.0. The SMILES string of the molecule is CNCC1CC(C(=O)Nc2ccc(Oc3ccccc3)cc2)N(C)C1. The Balaban J connectivity index is 1.57. The van der Waals surface area contributed by atoms with Gasteiger partial charge in [-0.15, -0.1) is 0 Å². The van der Waals surface area contributed by atoms with Crippen LogP contribution in [0.3, 0.4) is 0 Å². The van der Waals surface area contributed by atoms with Crippen LogP contribution < -0.4 is 15.4 Å². The molecule has 0 radical (unpaired) electrons. The number of ether oxygens (including phenoxy) is 1. The quantitative estimate of drug-likeness (QED) is 0.850. The first-order valence-corrected chi connectivity index (χ1v) is 8.64. The standard InChI is InChI=1S/C20H25N3O2/c1-21-13-15-12-19(23(2)14-15)20(24)22-16-8-10-18(11-9-16)25-17-6-4-3-5-7-17/h3-11,15,19,21H,12-14H2,1-2H3,(H,22,24). The van der Waals surface area contributed by atoms with Gasteiger partial charge in [0.15, 0.2) is 0 Å². The van der Waals surface area contributed by atoms with Crippen LogP contribution in [-0.4, -0.2) is 44.0 Å². The number of para-hydroxylation sites is 1. The van der Waals surface area contributed by atoms with Crippen molar-refractivity contribution in [2.45, 2.75) is 12.5 Å². The summed E-state index contributed by atoms with van der Waals surface area (Å²) >= 11 is 0. The topological polar surface area (TPSA) is 53.6 Å². The van der Waals surface area contributed by atoms with Crippen LogP contribution >= 0.6 is 0 Å². The number of likely N-dealkylation sites (tertiary alicyclic amines) is 1. The first-order valence-electron chi connectivity index (χ1n) is 8.64. The number of benzene rings is 2. The maximum Gasteiger partial charge on any atom is 0.241 e. The van der Waals surface area contributed by atoms with Crippen LogP contribution in [0.1, 0.15) is 6.42 Å². The molecule has 0 spiro atoms. The number of nitrogens with zero attached hydrogens (tertiary/aromatic N) is 1. The van der Waals surface area contributed by atoms with E-state index in [0.29, 0.717) is 5.92 Å². The molecular formula is C20H25N3O2. The van der Waals surface area contributed by atoms with Crippen molar-refractivity contribution in [1.29, 1.82) is 0 Å². The van der Waals surface area contributed by atoms with E-state index >= 15 is 0 Å². The van der Waals surface area contributed by atoms with E-state index in [1.807, 2.05) is 68.7 Å². The largest absolute Gasteiger partial charge is 0.457 e. The molecule has 2 atom stereocenters. The first kappa shape index (κ1) is 17.5.